The van der Waals surface area contributed by atoms with Crippen molar-refractivity contribution in [3.8, 4) is 17.2 Å². The first-order chi connectivity index (χ1) is 16.3. The monoisotopic (exact) mass is 472 g/mol. The van der Waals surface area contributed by atoms with E-state index in [9.17, 15) is 14.4 Å². The van der Waals surface area contributed by atoms with E-state index in [1.807, 2.05) is 55.5 Å². The summed E-state index contributed by atoms with van der Waals surface area (Å²) in [4.78, 5) is 36.4. The van der Waals surface area contributed by atoms with Gasteiger partial charge in [0.2, 0.25) is 0 Å². The van der Waals surface area contributed by atoms with Crippen LogP contribution in [0.2, 0.25) is 0 Å². The predicted octanol–water partition coefficient (Wildman–Crippen LogP) is 6.45. The van der Waals surface area contributed by atoms with Gasteiger partial charge < -0.3 is 14.2 Å². The topological polar surface area (TPSA) is 78.9 Å². The van der Waals surface area contributed by atoms with Gasteiger partial charge in [0.1, 0.15) is 11.5 Å². The van der Waals surface area contributed by atoms with Crippen molar-refractivity contribution in [2.45, 2.75) is 27.7 Å². The molecule has 0 saturated heterocycles. The average molecular weight is 473 g/mol. The Labute approximate surface area is 198 Å². The average Bonchev–Trinajstić information content (AvgIpc) is 3.19. The number of aryl methyl sites for hydroxylation is 1. The summed E-state index contributed by atoms with van der Waals surface area (Å²) in [5, 5.41) is 4.16. The molecule has 4 aromatic carbocycles. The highest BCUT2D eigenvalue weighted by atomic mass is 32.1. The first kappa shape index (κ1) is 21.9. The van der Waals surface area contributed by atoms with Crippen molar-refractivity contribution in [2.75, 3.05) is 0 Å². The zero-order chi connectivity index (χ0) is 24.1. The summed E-state index contributed by atoms with van der Waals surface area (Å²) < 4.78 is 18.7. The Morgan fingerprint density at radius 3 is 1.47 bits per heavy atom. The van der Waals surface area contributed by atoms with E-state index in [1.54, 1.807) is 0 Å². The third-order valence-electron chi connectivity index (χ3n) is 5.64. The van der Waals surface area contributed by atoms with E-state index >= 15 is 0 Å². The molecule has 0 atom stereocenters. The van der Waals surface area contributed by atoms with E-state index in [-0.39, 0.29) is 0 Å². The van der Waals surface area contributed by atoms with Crippen LogP contribution in [0, 0.1) is 6.92 Å². The summed E-state index contributed by atoms with van der Waals surface area (Å²) in [6, 6.07) is 14.9. The van der Waals surface area contributed by atoms with Crippen LogP contribution in [0.3, 0.4) is 0 Å². The smallest absolute Gasteiger partial charge is 0.308 e. The summed E-state index contributed by atoms with van der Waals surface area (Å²) in [7, 11) is 0. The number of rotatable bonds is 3. The molecule has 0 bridgehead atoms. The predicted molar refractivity (Wildman–Crippen MR) is 133 cm³/mol. The molecule has 0 fully saturated rings. The number of ether oxygens (including phenoxy) is 3. The molecule has 0 radical (unpaired) electrons. The van der Waals surface area contributed by atoms with Crippen molar-refractivity contribution in [3.63, 3.8) is 0 Å². The van der Waals surface area contributed by atoms with Gasteiger partial charge in [0.05, 0.1) is 10.1 Å². The number of carbonyl (C=O) groups excluding carboxylic acids is 3. The van der Waals surface area contributed by atoms with Crippen LogP contribution >= 0.6 is 11.3 Å². The number of hydrogen-bond donors (Lipinski definition) is 0. The second-order valence-corrected chi connectivity index (χ2v) is 9.02. The Kier molecular flexibility index (Phi) is 5.21. The molecule has 34 heavy (non-hydrogen) atoms. The Hall–Kier alpha value is -3.97. The Morgan fingerprint density at radius 2 is 0.971 bits per heavy atom. The number of benzene rings is 4. The Balaban J connectivity index is 2.12. The highest BCUT2D eigenvalue weighted by Crippen LogP contribution is 2.54. The molecule has 0 unspecified atom stereocenters. The second kappa shape index (κ2) is 8.11. The van der Waals surface area contributed by atoms with Crippen molar-refractivity contribution >= 4 is 71.0 Å². The summed E-state index contributed by atoms with van der Waals surface area (Å²) in [5.41, 5.74) is 0.981. The Morgan fingerprint density at radius 1 is 0.588 bits per heavy atom. The van der Waals surface area contributed by atoms with E-state index in [0.717, 1.165) is 21.0 Å². The van der Waals surface area contributed by atoms with Crippen molar-refractivity contribution in [3.05, 3.63) is 54.1 Å². The first-order valence-electron chi connectivity index (χ1n) is 10.7. The quantitative estimate of drug-likeness (QED) is 0.222. The van der Waals surface area contributed by atoms with Gasteiger partial charge in [0.15, 0.2) is 5.75 Å². The van der Waals surface area contributed by atoms with Gasteiger partial charge in [-0.15, -0.1) is 11.3 Å². The molecule has 5 rings (SSSR count). The van der Waals surface area contributed by atoms with Gasteiger partial charge in [-0.25, -0.2) is 0 Å². The molecular weight excluding hydrogens is 452 g/mol. The molecule has 0 N–H and O–H groups in total. The van der Waals surface area contributed by atoms with E-state index in [2.05, 4.69) is 0 Å². The van der Waals surface area contributed by atoms with Gasteiger partial charge in [-0.2, -0.15) is 0 Å². The third kappa shape index (κ3) is 3.36. The lowest BCUT2D eigenvalue weighted by atomic mass is 9.97. The summed E-state index contributed by atoms with van der Waals surface area (Å²) in [5.74, 6) is -0.323. The van der Waals surface area contributed by atoms with Crippen molar-refractivity contribution in [2.24, 2.45) is 0 Å². The third-order valence-corrected chi connectivity index (χ3v) is 6.95. The zero-order valence-corrected chi connectivity index (χ0v) is 19.8. The van der Waals surface area contributed by atoms with Gasteiger partial charge in [0, 0.05) is 47.0 Å². The molecule has 0 amide bonds. The van der Waals surface area contributed by atoms with Gasteiger partial charge >= 0.3 is 17.9 Å². The normalized spacial score (nSPS) is 11.3. The molecule has 5 aromatic rings. The number of hydrogen-bond acceptors (Lipinski definition) is 7. The molecule has 7 heteroatoms. The molecule has 0 saturated carbocycles. The fraction of sp³-hybridized carbons (Fsp3) is 0.148. The van der Waals surface area contributed by atoms with Crippen LogP contribution in [0.25, 0.3) is 41.7 Å². The van der Waals surface area contributed by atoms with E-state index in [4.69, 9.17) is 14.2 Å². The zero-order valence-electron chi connectivity index (χ0n) is 19.0. The standard InChI is InChI=1S/C27H20O6S/c1-13-17-9-5-6-10-18(17)23(31-14(2)28)21-22-24(32-15(3)29)19-11-7-8-12-20(19)25(33-16(4)30)27(22)34-26(13)21/h5-12H,1-4H3. The molecule has 170 valence electrons. The largest absolute Gasteiger partial charge is 0.425 e. The number of thiophene rings is 1. The minimum absolute atomic E-state index is 0.336. The molecule has 6 nitrogen and oxygen atoms in total. The molecule has 0 aliphatic rings. The molecule has 1 aromatic heterocycles. The lowest BCUT2D eigenvalue weighted by Crippen LogP contribution is -2.06. The Bertz CT molecular complexity index is 1680. The van der Waals surface area contributed by atoms with Crippen LogP contribution in [0.15, 0.2) is 48.5 Å². The van der Waals surface area contributed by atoms with Crippen LogP contribution in [0.5, 0.6) is 17.2 Å². The number of esters is 3. The summed E-state index contributed by atoms with van der Waals surface area (Å²) in [6.45, 7) is 6.02. The van der Waals surface area contributed by atoms with Crippen molar-refractivity contribution < 1.29 is 28.6 Å². The highest BCUT2D eigenvalue weighted by Gasteiger charge is 2.27. The van der Waals surface area contributed by atoms with E-state index in [1.165, 1.54) is 32.1 Å². The van der Waals surface area contributed by atoms with E-state index in [0.29, 0.717) is 43.5 Å². The summed E-state index contributed by atoms with van der Waals surface area (Å²) in [6.07, 6.45) is 0. The van der Waals surface area contributed by atoms with Gasteiger partial charge in [-0.1, -0.05) is 48.5 Å². The summed E-state index contributed by atoms with van der Waals surface area (Å²) >= 11 is 1.41. The minimum Gasteiger partial charge on any atom is -0.425 e. The molecule has 0 aliphatic carbocycles. The second-order valence-electron chi connectivity index (χ2n) is 7.99. The van der Waals surface area contributed by atoms with Gasteiger partial charge in [0.25, 0.3) is 0 Å². The molecule has 0 spiro atoms. The van der Waals surface area contributed by atoms with E-state index < -0.39 is 17.9 Å². The maximum Gasteiger partial charge on any atom is 0.308 e. The molecular formula is C27H20O6S. The fourth-order valence-corrected chi connectivity index (χ4v) is 5.74. The van der Waals surface area contributed by atoms with Crippen LogP contribution in [0.4, 0.5) is 0 Å². The van der Waals surface area contributed by atoms with Crippen LogP contribution in [0.1, 0.15) is 26.3 Å². The maximum atomic E-state index is 12.2. The number of carbonyl (C=O) groups is 3. The lowest BCUT2D eigenvalue weighted by molar-refractivity contribution is -0.132. The number of fused-ring (bicyclic) bond motifs is 5. The highest BCUT2D eigenvalue weighted by molar-refractivity contribution is 7.26. The fourth-order valence-electron chi connectivity index (χ4n) is 4.43. The van der Waals surface area contributed by atoms with Crippen molar-refractivity contribution in [1.82, 2.24) is 0 Å². The maximum absolute atomic E-state index is 12.2. The lowest BCUT2D eigenvalue weighted by Gasteiger charge is -2.15. The van der Waals surface area contributed by atoms with Crippen LogP contribution < -0.4 is 14.2 Å². The van der Waals surface area contributed by atoms with Gasteiger partial charge in [-0.3, -0.25) is 14.4 Å². The minimum atomic E-state index is -0.488. The van der Waals surface area contributed by atoms with Crippen molar-refractivity contribution in [1.29, 1.82) is 0 Å². The SMILES string of the molecule is CC(=O)Oc1c2ccccc2c(OC(C)=O)c2c1sc1c(C)c3ccccc3c(OC(C)=O)c12. The first-order valence-corrected chi connectivity index (χ1v) is 11.5. The molecule has 0 aliphatic heterocycles. The molecule has 1 heterocycles. The van der Waals surface area contributed by atoms with Gasteiger partial charge in [-0.05, 0) is 17.9 Å². The van der Waals surface area contributed by atoms with Crippen LogP contribution in [-0.4, -0.2) is 17.9 Å². The van der Waals surface area contributed by atoms with Crippen LogP contribution in [-0.2, 0) is 14.4 Å².